The number of hydrogen-bond acceptors (Lipinski definition) is 7. The minimum Gasteiger partial charge on any atom is -0.486 e. The lowest BCUT2D eigenvalue weighted by molar-refractivity contribution is -0.116. The molecule has 1 aromatic heterocycles. The van der Waals surface area contributed by atoms with Crippen LogP contribution in [0.5, 0.6) is 11.5 Å². The van der Waals surface area contributed by atoms with Crippen LogP contribution in [0, 0.1) is 0 Å². The molecule has 29 heavy (non-hydrogen) atoms. The van der Waals surface area contributed by atoms with Gasteiger partial charge in [0, 0.05) is 18.3 Å². The lowest BCUT2D eigenvalue weighted by Gasteiger charge is -2.29. The number of hydrogen-bond donors (Lipinski definition) is 0. The summed E-state index contributed by atoms with van der Waals surface area (Å²) in [5, 5.41) is 12.5. The van der Waals surface area contributed by atoms with Gasteiger partial charge in [0.15, 0.2) is 11.5 Å². The summed E-state index contributed by atoms with van der Waals surface area (Å²) in [6.45, 7) is 1.79. The van der Waals surface area contributed by atoms with E-state index in [2.05, 4.69) is 21.6 Å². The molecule has 3 aromatic rings. The molecule has 0 radical (unpaired) electrons. The van der Waals surface area contributed by atoms with Crippen molar-refractivity contribution in [3.8, 4) is 17.2 Å². The summed E-state index contributed by atoms with van der Waals surface area (Å²) in [5.74, 6) is 1.69. The molecule has 5 rings (SSSR count). The fourth-order valence-electron chi connectivity index (χ4n) is 3.59. The molecule has 148 valence electrons. The molecule has 0 atom stereocenters. The Balaban J connectivity index is 1.32. The highest BCUT2D eigenvalue weighted by Gasteiger charge is 2.23. The van der Waals surface area contributed by atoms with Gasteiger partial charge in [0.2, 0.25) is 11.1 Å². The van der Waals surface area contributed by atoms with Crippen molar-refractivity contribution < 1.29 is 14.3 Å². The van der Waals surface area contributed by atoms with E-state index in [1.807, 2.05) is 41.3 Å². The Labute approximate surface area is 171 Å². The first-order chi connectivity index (χ1) is 14.3. The standard InChI is InChI=1S/C20H19N5O3S/c26-19(24-9-3-5-14-4-1-2-6-16(14)24)13-29-20-21-22-23-25(20)15-7-8-17-18(12-15)28-11-10-27-17/h1-2,4,6-8,12H,3,5,9-11,13H2. The molecule has 0 bridgehead atoms. The number of benzene rings is 2. The fourth-order valence-corrected chi connectivity index (χ4v) is 4.36. The average Bonchev–Trinajstić information content (AvgIpc) is 3.25. The number of amides is 1. The maximum absolute atomic E-state index is 12.9. The number of anilines is 1. The summed E-state index contributed by atoms with van der Waals surface area (Å²) < 4.78 is 12.8. The van der Waals surface area contributed by atoms with Crippen molar-refractivity contribution in [2.75, 3.05) is 30.4 Å². The zero-order valence-corrected chi connectivity index (χ0v) is 16.5. The largest absolute Gasteiger partial charge is 0.486 e. The molecular weight excluding hydrogens is 390 g/mol. The van der Waals surface area contributed by atoms with Gasteiger partial charge in [-0.25, -0.2) is 0 Å². The van der Waals surface area contributed by atoms with E-state index >= 15 is 0 Å². The molecule has 0 spiro atoms. The maximum Gasteiger partial charge on any atom is 0.237 e. The second kappa shape index (κ2) is 7.75. The van der Waals surface area contributed by atoms with Crippen molar-refractivity contribution in [3.63, 3.8) is 0 Å². The lowest BCUT2D eigenvalue weighted by atomic mass is 10.0. The van der Waals surface area contributed by atoms with Crippen molar-refractivity contribution >= 4 is 23.4 Å². The molecule has 9 heteroatoms. The van der Waals surface area contributed by atoms with Gasteiger partial charge in [-0.2, -0.15) is 4.68 Å². The molecule has 2 aliphatic rings. The number of carbonyl (C=O) groups excluding carboxylic acids is 1. The number of tetrazole rings is 1. The summed E-state index contributed by atoms with van der Waals surface area (Å²) in [6.07, 6.45) is 1.98. The Morgan fingerprint density at radius 2 is 1.97 bits per heavy atom. The number of ether oxygens (including phenoxy) is 2. The quantitative estimate of drug-likeness (QED) is 0.612. The van der Waals surface area contributed by atoms with Crippen LogP contribution in [0.1, 0.15) is 12.0 Å². The van der Waals surface area contributed by atoms with Crippen molar-refractivity contribution in [2.45, 2.75) is 18.0 Å². The summed E-state index contributed by atoms with van der Waals surface area (Å²) in [5.41, 5.74) is 2.99. The van der Waals surface area contributed by atoms with E-state index in [4.69, 9.17) is 9.47 Å². The topological polar surface area (TPSA) is 82.4 Å². The zero-order chi connectivity index (χ0) is 19.6. The molecule has 0 unspecified atom stereocenters. The van der Waals surface area contributed by atoms with Crippen LogP contribution in [0.25, 0.3) is 5.69 Å². The third-order valence-corrected chi connectivity index (χ3v) is 5.85. The third-order valence-electron chi connectivity index (χ3n) is 4.95. The van der Waals surface area contributed by atoms with Crippen LogP contribution in [-0.4, -0.2) is 51.6 Å². The number of fused-ring (bicyclic) bond motifs is 2. The van der Waals surface area contributed by atoms with Crippen molar-refractivity contribution in [3.05, 3.63) is 48.0 Å². The lowest BCUT2D eigenvalue weighted by Crippen LogP contribution is -2.36. The first-order valence-corrected chi connectivity index (χ1v) is 10.5. The number of aryl methyl sites for hydroxylation is 1. The van der Waals surface area contributed by atoms with Gasteiger partial charge in [0.25, 0.3) is 0 Å². The van der Waals surface area contributed by atoms with Crippen molar-refractivity contribution in [1.29, 1.82) is 0 Å². The van der Waals surface area contributed by atoms with E-state index in [0.717, 1.165) is 30.8 Å². The van der Waals surface area contributed by atoms with Crippen molar-refractivity contribution in [1.82, 2.24) is 20.2 Å². The van der Waals surface area contributed by atoms with Gasteiger partial charge in [0.05, 0.1) is 11.4 Å². The second-order valence-corrected chi connectivity index (χ2v) is 7.71. The predicted octanol–water partition coefficient (Wildman–Crippen LogP) is 2.51. The third kappa shape index (κ3) is 3.53. The molecule has 8 nitrogen and oxygen atoms in total. The van der Waals surface area contributed by atoms with Gasteiger partial charge < -0.3 is 14.4 Å². The van der Waals surface area contributed by atoms with Crippen LogP contribution in [0.2, 0.25) is 0 Å². The molecule has 2 aromatic carbocycles. The summed E-state index contributed by atoms with van der Waals surface area (Å²) in [4.78, 5) is 14.8. The minimum atomic E-state index is 0.0545. The van der Waals surface area contributed by atoms with E-state index in [1.54, 1.807) is 4.68 Å². The number of rotatable bonds is 4. The van der Waals surface area contributed by atoms with Gasteiger partial charge in [-0.05, 0) is 47.0 Å². The van der Waals surface area contributed by atoms with E-state index in [9.17, 15) is 4.79 Å². The molecule has 3 heterocycles. The van der Waals surface area contributed by atoms with Gasteiger partial charge in [-0.3, -0.25) is 4.79 Å². The van der Waals surface area contributed by atoms with Gasteiger partial charge in [-0.15, -0.1) is 5.10 Å². The highest BCUT2D eigenvalue weighted by atomic mass is 32.2. The second-order valence-electron chi connectivity index (χ2n) is 6.77. The molecule has 0 saturated carbocycles. The van der Waals surface area contributed by atoms with Crippen LogP contribution in [0.3, 0.4) is 0 Å². The molecule has 2 aliphatic heterocycles. The molecular formula is C20H19N5O3S. The van der Waals surface area contributed by atoms with Crippen LogP contribution in [0.4, 0.5) is 5.69 Å². The summed E-state index contributed by atoms with van der Waals surface area (Å²) in [7, 11) is 0. The van der Waals surface area contributed by atoms with Crippen LogP contribution in [-0.2, 0) is 11.2 Å². The molecule has 0 saturated heterocycles. The number of para-hydroxylation sites is 1. The van der Waals surface area contributed by atoms with Crippen LogP contribution in [0.15, 0.2) is 47.6 Å². The molecule has 0 N–H and O–H groups in total. The Hall–Kier alpha value is -3.07. The Bertz CT molecular complexity index is 1050. The predicted molar refractivity (Wildman–Crippen MR) is 108 cm³/mol. The fraction of sp³-hybridized carbons (Fsp3) is 0.300. The Kier molecular flexibility index (Phi) is 4.81. The summed E-state index contributed by atoms with van der Waals surface area (Å²) in [6, 6.07) is 13.6. The Morgan fingerprint density at radius 3 is 2.90 bits per heavy atom. The SMILES string of the molecule is O=C(CSc1nnnn1-c1ccc2c(c1)OCCO2)N1CCCc2ccccc21. The van der Waals surface area contributed by atoms with E-state index < -0.39 is 0 Å². The normalized spacial score (nSPS) is 15.1. The molecule has 1 amide bonds. The highest BCUT2D eigenvalue weighted by molar-refractivity contribution is 7.99. The molecule has 0 aliphatic carbocycles. The molecule has 0 fully saturated rings. The Morgan fingerprint density at radius 1 is 1.10 bits per heavy atom. The van der Waals surface area contributed by atoms with Gasteiger partial charge in [0.1, 0.15) is 13.2 Å². The zero-order valence-electron chi connectivity index (χ0n) is 15.7. The van der Waals surface area contributed by atoms with E-state index in [1.165, 1.54) is 17.3 Å². The van der Waals surface area contributed by atoms with Crippen molar-refractivity contribution in [2.24, 2.45) is 0 Å². The van der Waals surface area contributed by atoms with Gasteiger partial charge >= 0.3 is 0 Å². The number of thioether (sulfide) groups is 1. The first kappa shape index (κ1) is 18.0. The highest BCUT2D eigenvalue weighted by Crippen LogP contribution is 2.33. The average molecular weight is 409 g/mol. The van der Waals surface area contributed by atoms with Crippen LogP contribution < -0.4 is 14.4 Å². The minimum absolute atomic E-state index is 0.0545. The maximum atomic E-state index is 12.9. The first-order valence-electron chi connectivity index (χ1n) is 9.49. The monoisotopic (exact) mass is 409 g/mol. The smallest absolute Gasteiger partial charge is 0.237 e. The number of nitrogens with zero attached hydrogens (tertiary/aromatic N) is 5. The van der Waals surface area contributed by atoms with E-state index in [0.29, 0.717) is 29.9 Å². The number of carbonyl (C=O) groups is 1. The van der Waals surface area contributed by atoms with E-state index in [-0.39, 0.29) is 11.7 Å². The van der Waals surface area contributed by atoms with Crippen LogP contribution >= 0.6 is 11.8 Å². The summed E-state index contributed by atoms with van der Waals surface area (Å²) >= 11 is 1.33. The number of aromatic nitrogens is 4. The van der Waals surface area contributed by atoms with Gasteiger partial charge in [-0.1, -0.05) is 30.0 Å².